The van der Waals surface area contributed by atoms with Crippen molar-refractivity contribution in [2.75, 3.05) is 19.6 Å². The second-order valence-electron chi connectivity index (χ2n) is 6.19. The molecule has 0 bridgehead atoms. The largest absolute Gasteiger partial charge is 0.314 e. The number of nitrogens with zero attached hydrogens (tertiary/aromatic N) is 1. The van der Waals surface area contributed by atoms with Gasteiger partial charge in [0.15, 0.2) is 0 Å². The van der Waals surface area contributed by atoms with E-state index in [0.29, 0.717) is 12.1 Å². The van der Waals surface area contributed by atoms with Crippen molar-refractivity contribution in [2.45, 2.75) is 53.6 Å². The molecule has 2 heteroatoms. The maximum Gasteiger partial charge on any atom is 0.0105 e. The van der Waals surface area contributed by atoms with Crippen molar-refractivity contribution in [2.24, 2.45) is 17.8 Å². The summed E-state index contributed by atoms with van der Waals surface area (Å²) in [5.41, 5.74) is 0. The van der Waals surface area contributed by atoms with Crippen LogP contribution < -0.4 is 5.32 Å². The first-order valence-electron chi connectivity index (χ1n) is 6.89. The molecule has 4 atom stereocenters. The van der Waals surface area contributed by atoms with E-state index in [4.69, 9.17) is 0 Å². The Morgan fingerprint density at radius 2 is 1.56 bits per heavy atom. The fourth-order valence-electron chi connectivity index (χ4n) is 2.46. The van der Waals surface area contributed by atoms with Gasteiger partial charge in [0.25, 0.3) is 0 Å². The molecule has 1 heterocycles. The van der Waals surface area contributed by atoms with Gasteiger partial charge in [-0.3, -0.25) is 4.90 Å². The molecule has 1 rings (SSSR count). The smallest absolute Gasteiger partial charge is 0.0105 e. The van der Waals surface area contributed by atoms with E-state index in [2.05, 4.69) is 51.8 Å². The summed E-state index contributed by atoms with van der Waals surface area (Å²) in [4.78, 5) is 2.67. The third kappa shape index (κ3) is 3.74. The highest BCUT2D eigenvalue weighted by Gasteiger charge is 2.30. The molecule has 16 heavy (non-hydrogen) atoms. The van der Waals surface area contributed by atoms with Gasteiger partial charge in [0, 0.05) is 25.2 Å². The minimum atomic E-state index is 0.603. The number of hydrogen-bond acceptors (Lipinski definition) is 2. The fourth-order valence-corrected chi connectivity index (χ4v) is 2.46. The van der Waals surface area contributed by atoms with Crippen molar-refractivity contribution in [1.29, 1.82) is 0 Å². The zero-order chi connectivity index (χ0) is 12.3. The lowest BCUT2D eigenvalue weighted by atomic mass is 10.0. The van der Waals surface area contributed by atoms with Crippen molar-refractivity contribution in [3.8, 4) is 0 Å². The molecule has 1 aliphatic heterocycles. The summed E-state index contributed by atoms with van der Waals surface area (Å²) in [5, 5.41) is 3.55. The minimum Gasteiger partial charge on any atom is -0.314 e. The Labute approximate surface area is 102 Å². The second kappa shape index (κ2) is 6.02. The second-order valence-corrected chi connectivity index (χ2v) is 6.19. The van der Waals surface area contributed by atoms with Crippen molar-refractivity contribution < 1.29 is 0 Å². The predicted octanol–water partition coefficient (Wildman–Crippen LogP) is 2.60. The van der Waals surface area contributed by atoms with Crippen LogP contribution in [0.4, 0.5) is 0 Å². The van der Waals surface area contributed by atoms with Gasteiger partial charge in [-0.25, -0.2) is 0 Å². The minimum absolute atomic E-state index is 0.603. The molecular weight excluding hydrogens is 196 g/mol. The zero-order valence-corrected chi connectivity index (χ0v) is 12.0. The average molecular weight is 226 g/mol. The van der Waals surface area contributed by atoms with E-state index in [1.807, 2.05) is 0 Å². The molecule has 1 saturated heterocycles. The molecule has 0 aromatic rings. The highest BCUT2D eigenvalue weighted by molar-refractivity contribution is 4.84. The Balaban J connectivity index is 2.36. The van der Waals surface area contributed by atoms with E-state index >= 15 is 0 Å². The molecule has 0 aromatic carbocycles. The molecule has 0 spiro atoms. The number of hydrogen-bond donors (Lipinski definition) is 1. The Morgan fingerprint density at radius 3 is 2.00 bits per heavy atom. The first-order chi connectivity index (χ1) is 7.41. The fraction of sp³-hybridized carbons (Fsp3) is 1.00. The van der Waals surface area contributed by atoms with E-state index in [1.165, 1.54) is 13.1 Å². The normalized spacial score (nSPS) is 30.9. The first-order valence-corrected chi connectivity index (χ1v) is 6.89. The standard InChI is InChI=1S/C14H30N2/c1-10(2)15-7-11(3)14(6)16-8-12(4)13(5)9-16/h10-15H,7-9H2,1-6H3. The van der Waals surface area contributed by atoms with Crippen LogP contribution >= 0.6 is 0 Å². The van der Waals surface area contributed by atoms with Crippen LogP contribution in [0.15, 0.2) is 0 Å². The molecule has 0 amide bonds. The summed E-state index contributed by atoms with van der Waals surface area (Å²) in [6, 6.07) is 1.31. The molecule has 0 aliphatic carbocycles. The van der Waals surface area contributed by atoms with Crippen LogP contribution in [-0.2, 0) is 0 Å². The van der Waals surface area contributed by atoms with Crippen LogP contribution in [0, 0.1) is 17.8 Å². The lowest BCUT2D eigenvalue weighted by molar-refractivity contribution is 0.186. The van der Waals surface area contributed by atoms with Gasteiger partial charge in [-0.1, -0.05) is 34.6 Å². The monoisotopic (exact) mass is 226 g/mol. The Hall–Kier alpha value is -0.0800. The van der Waals surface area contributed by atoms with Gasteiger partial charge in [-0.15, -0.1) is 0 Å². The molecule has 0 saturated carbocycles. The third-order valence-electron chi connectivity index (χ3n) is 4.26. The van der Waals surface area contributed by atoms with Crippen LogP contribution in [0.5, 0.6) is 0 Å². The highest BCUT2D eigenvalue weighted by atomic mass is 15.2. The lowest BCUT2D eigenvalue weighted by Gasteiger charge is -2.30. The SMILES string of the molecule is CC(C)NCC(C)C(C)N1CC(C)C(C)C1. The topological polar surface area (TPSA) is 15.3 Å². The molecule has 0 aromatic heterocycles. The lowest BCUT2D eigenvalue weighted by Crippen LogP contribution is -2.41. The highest BCUT2D eigenvalue weighted by Crippen LogP contribution is 2.26. The van der Waals surface area contributed by atoms with Crippen molar-refractivity contribution in [1.82, 2.24) is 10.2 Å². The summed E-state index contributed by atoms with van der Waals surface area (Å²) in [6.45, 7) is 17.7. The Bertz CT molecular complexity index is 193. The molecule has 4 unspecified atom stereocenters. The molecule has 0 radical (unpaired) electrons. The molecule has 96 valence electrons. The maximum atomic E-state index is 3.55. The number of likely N-dealkylation sites (tertiary alicyclic amines) is 1. The number of nitrogens with one attached hydrogen (secondary N) is 1. The summed E-state index contributed by atoms with van der Waals surface area (Å²) < 4.78 is 0. The van der Waals surface area contributed by atoms with Gasteiger partial charge < -0.3 is 5.32 Å². The maximum absolute atomic E-state index is 3.55. The Kier molecular flexibility index (Phi) is 5.26. The zero-order valence-electron chi connectivity index (χ0n) is 12.0. The molecule has 1 N–H and O–H groups in total. The number of rotatable bonds is 5. The van der Waals surface area contributed by atoms with Gasteiger partial charge in [-0.05, 0) is 31.2 Å². The van der Waals surface area contributed by atoms with Crippen LogP contribution in [0.3, 0.4) is 0 Å². The predicted molar refractivity (Wildman–Crippen MR) is 71.7 cm³/mol. The molecule has 1 fully saturated rings. The summed E-state index contributed by atoms with van der Waals surface area (Å²) in [7, 11) is 0. The summed E-state index contributed by atoms with van der Waals surface area (Å²) in [5.74, 6) is 2.47. The van der Waals surface area contributed by atoms with Crippen LogP contribution in [-0.4, -0.2) is 36.6 Å². The molecule has 1 aliphatic rings. The van der Waals surface area contributed by atoms with Crippen LogP contribution in [0.1, 0.15) is 41.5 Å². The quantitative estimate of drug-likeness (QED) is 0.775. The van der Waals surface area contributed by atoms with E-state index < -0.39 is 0 Å². The van der Waals surface area contributed by atoms with E-state index in [0.717, 1.165) is 24.3 Å². The van der Waals surface area contributed by atoms with Gasteiger partial charge >= 0.3 is 0 Å². The average Bonchev–Trinajstić information content (AvgIpc) is 2.54. The van der Waals surface area contributed by atoms with E-state index in [1.54, 1.807) is 0 Å². The van der Waals surface area contributed by atoms with E-state index in [-0.39, 0.29) is 0 Å². The van der Waals surface area contributed by atoms with Crippen LogP contribution in [0.2, 0.25) is 0 Å². The van der Waals surface area contributed by atoms with Gasteiger partial charge in [0.2, 0.25) is 0 Å². The van der Waals surface area contributed by atoms with Crippen molar-refractivity contribution in [3.05, 3.63) is 0 Å². The van der Waals surface area contributed by atoms with Crippen LogP contribution in [0.25, 0.3) is 0 Å². The van der Waals surface area contributed by atoms with Gasteiger partial charge in [0.1, 0.15) is 0 Å². The van der Waals surface area contributed by atoms with E-state index in [9.17, 15) is 0 Å². The van der Waals surface area contributed by atoms with Gasteiger partial charge in [0.05, 0.1) is 0 Å². The third-order valence-corrected chi connectivity index (χ3v) is 4.26. The molecular formula is C14H30N2. The van der Waals surface area contributed by atoms with Gasteiger partial charge in [-0.2, -0.15) is 0 Å². The summed E-state index contributed by atoms with van der Waals surface area (Å²) >= 11 is 0. The summed E-state index contributed by atoms with van der Waals surface area (Å²) in [6.07, 6.45) is 0. The Morgan fingerprint density at radius 1 is 1.06 bits per heavy atom. The molecule has 2 nitrogen and oxygen atoms in total. The van der Waals surface area contributed by atoms with Crippen molar-refractivity contribution in [3.63, 3.8) is 0 Å². The first kappa shape index (κ1) is 14.0. The van der Waals surface area contributed by atoms with Crippen molar-refractivity contribution >= 4 is 0 Å².